The summed E-state index contributed by atoms with van der Waals surface area (Å²) in [6.07, 6.45) is -2.11. The summed E-state index contributed by atoms with van der Waals surface area (Å²) >= 11 is 6.27. The number of halogens is 5. The second-order valence-electron chi connectivity index (χ2n) is 6.80. The molecule has 0 radical (unpaired) electrons. The van der Waals surface area contributed by atoms with Gasteiger partial charge in [-0.15, -0.1) is 0 Å². The first-order valence-electron chi connectivity index (χ1n) is 9.37. The third-order valence-electron chi connectivity index (χ3n) is 4.68. The number of amides is 1. The summed E-state index contributed by atoms with van der Waals surface area (Å²) in [5.41, 5.74) is -1.03. The minimum Gasteiger partial charge on any atom is -0.336 e. The third-order valence-corrected chi connectivity index (χ3v) is 4.99. The number of aromatic nitrogens is 3. The largest absolute Gasteiger partial charge is 0.416 e. The second kappa shape index (κ2) is 8.62. The first-order chi connectivity index (χ1) is 15.7. The highest BCUT2D eigenvalue weighted by atomic mass is 35.5. The van der Waals surface area contributed by atoms with Crippen molar-refractivity contribution in [2.24, 2.45) is 0 Å². The average Bonchev–Trinajstić information content (AvgIpc) is 3.19. The minimum atomic E-state index is -4.72. The molecule has 11 heteroatoms. The van der Waals surface area contributed by atoms with Crippen molar-refractivity contribution < 1.29 is 26.9 Å². The van der Waals surface area contributed by atoms with E-state index in [0.29, 0.717) is 6.07 Å². The van der Waals surface area contributed by atoms with E-state index in [1.807, 2.05) is 0 Å². The zero-order valence-corrected chi connectivity index (χ0v) is 17.5. The highest BCUT2D eigenvalue weighted by Gasteiger charge is 2.33. The summed E-state index contributed by atoms with van der Waals surface area (Å²) in [4.78, 5) is 21.7. The molecule has 0 N–H and O–H groups in total. The van der Waals surface area contributed by atoms with Gasteiger partial charge in [-0.2, -0.15) is 13.2 Å². The maximum Gasteiger partial charge on any atom is 0.416 e. The number of hydrogen-bond acceptors (Lipinski definition) is 5. The minimum absolute atomic E-state index is 0.0752. The summed E-state index contributed by atoms with van der Waals surface area (Å²) in [5.74, 6) is -1.82. The van der Waals surface area contributed by atoms with Crippen LogP contribution in [0.15, 0.2) is 65.6 Å². The van der Waals surface area contributed by atoms with Crippen molar-refractivity contribution in [3.05, 3.63) is 77.5 Å². The van der Waals surface area contributed by atoms with E-state index in [-0.39, 0.29) is 39.1 Å². The van der Waals surface area contributed by atoms with Crippen LogP contribution in [0.4, 0.5) is 29.1 Å². The number of carbonyl (C=O) groups excluding carboxylic acids is 1. The molecule has 0 aliphatic rings. The zero-order chi connectivity index (χ0) is 23.8. The Morgan fingerprint density at radius 2 is 1.88 bits per heavy atom. The number of alkyl halides is 3. The molecule has 2 aromatic heterocycles. The number of rotatable bonds is 4. The molecule has 0 saturated carbocycles. The van der Waals surface area contributed by atoms with Gasteiger partial charge in [0.25, 0.3) is 0 Å². The van der Waals surface area contributed by atoms with Crippen molar-refractivity contribution in [3.8, 4) is 22.5 Å². The van der Waals surface area contributed by atoms with Crippen LogP contribution in [-0.4, -0.2) is 21.0 Å². The van der Waals surface area contributed by atoms with Crippen LogP contribution in [0, 0.1) is 5.82 Å². The van der Waals surface area contributed by atoms with Crippen molar-refractivity contribution in [3.63, 3.8) is 0 Å². The van der Waals surface area contributed by atoms with Crippen molar-refractivity contribution in [1.82, 2.24) is 15.1 Å². The Bertz CT molecular complexity index is 1330. The molecule has 0 fully saturated rings. The van der Waals surface area contributed by atoms with E-state index in [2.05, 4.69) is 15.1 Å². The van der Waals surface area contributed by atoms with Gasteiger partial charge in [0, 0.05) is 18.7 Å². The molecule has 0 spiro atoms. The highest BCUT2D eigenvalue weighted by molar-refractivity contribution is 6.34. The van der Waals surface area contributed by atoms with Crippen LogP contribution in [0.3, 0.4) is 0 Å². The van der Waals surface area contributed by atoms with Gasteiger partial charge in [-0.3, -0.25) is 4.79 Å². The number of hydrogen-bond donors (Lipinski definition) is 0. The van der Waals surface area contributed by atoms with Crippen molar-refractivity contribution in [1.29, 1.82) is 0 Å². The summed E-state index contributed by atoms with van der Waals surface area (Å²) in [7, 11) is 0. The molecule has 2 heterocycles. The summed E-state index contributed by atoms with van der Waals surface area (Å²) in [5, 5.41) is 4.10. The summed E-state index contributed by atoms with van der Waals surface area (Å²) < 4.78 is 59.2. The molecule has 0 bridgehead atoms. The van der Waals surface area contributed by atoms with Gasteiger partial charge in [0.15, 0.2) is 0 Å². The van der Waals surface area contributed by atoms with Crippen molar-refractivity contribution >= 4 is 29.1 Å². The number of carbonyl (C=O) groups is 1. The van der Waals surface area contributed by atoms with Gasteiger partial charge in [-0.1, -0.05) is 28.9 Å². The SMILES string of the molecule is CC(=O)N(c1ccccc1Cl)c1onc(-c2ccc(C(F)(F)F)cc2F)c1-c1ccncn1. The Kier molecular flexibility index (Phi) is 5.86. The molecule has 0 atom stereocenters. The van der Waals surface area contributed by atoms with Gasteiger partial charge in [-0.25, -0.2) is 19.3 Å². The van der Waals surface area contributed by atoms with E-state index in [9.17, 15) is 22.4 Å². The molecule has 0 aliphatic carbocycles. The lowest BCUT2D eigenvalue weighted by molar-refractivity contribution is -0.137. The Balaban J connectivity index is 1.97. The fourth-order valence-electron chi connectivity index (χ4n) is 3.23. The lowest BCUT2D eigenvalue weighted by atomic mass is 10.0. The topological polar surface area (TPSA) is 72.1 Å². The van der Waals surface area contributed by atoms with Gasteiger partial charge in [-0.05, 0) is 36.4 Å². The van der Waals surface area contributed by atoms with Crippen molar-refractivity contribution in [2.75, 3.05) is 4.90 Å². The van der Waals surface area contributed by atoms with Crippen LogP contribution in [0.2, 0.25) is 5.02 Å². The van der Waals surface area contributed by atoms with E-state index >= 15 is 0 Å². The van der Waals surface area contributed by atoms with Crippen molar-refractivity contribution in [2.45, 2.75) is 13.1 Å². The average molecular weight is 477 g/mol. The molecule has 0 aliphatic heterocycles. The van der Waals surface area contributed by atoms with Crippen LogP contribution >= 0.6 is 11.6 Å². The Labute approximate surface area is 189 Å². The monoisotopic (exact) mass is 476 g/mol. The second-order valence-corrected chi connectivity index (χ2v) is 7.21. The van der Waals surface area contributed by atoms with Gasteiger partial charge in [0.05, 0.1) is 27.5 Å². The van der Waals surface area contributed by atoms with E-state index in [4.69, 9.17) is 16.1 Å². The van der Waals surface area contributed by atoms with E-state index < -0.39 is 23.5 Å². The number of para-hydroxylation sites is 1. The van der Waals surface area contributed by atoms with E-state index in [1.54, 1.807) is 24.3 Å². The highest BCUT2D eigenvalue weighted by Crippen LogP contribution is 2.44. The molecular formula is C22H13ClF4N4O2. The Hall–Kier alpha value is -3.79. The maximum atomic E-state index is 14.8. The maximum absolute atomic E-state index is 14.8. The van der Waals surface area contributed by atoms with Gasteiger partial charge >= 0.3 is 6.18 Å². The predicted octanol–water partition coefficient (Wildman–Crippen LogP) is 6.29. The first-order valence-corrected chi connectivity index (χ1v) is 9.74. The van der Waals surface area contributed by atoms with Crippen LogP contribution in [0.5, 0.6) is 0 Å². The van der Waals surface area contributed by atoms with Crippen LogP contribution in [-0.2, 0) is 11.0 Å². The molecule has 6 nitrogen and oxygen atoms in total. The lowest BCUT2D eigenvalue weighted by Crippen LogP contribution is -2.23. The predicted molar refractivity (Wildman–Crippen MR) is 112 cm³/mol. The molecule has 4 rings (SSSR count). The first kappa shape index (κ1) is 22.4. The van der Waals surface area contributed by atoms with Gasteiger partial charge in [0.1, 0.15) is 17.8 Å². The quantitative estimate of drug-likeness (QED) is 0.323. The van der Waals surface area contributed by atoms with Crippen LogP contribution < -0.4 is 4.90 Å². The molecule has 0 unspecified atom stereocenters. The Morgan fingerprint density at radius 3 is 2.48 bits per heavy atom. The summed E-state index contributed by atoms with van der Waals surface area (Å²) in [6.45, 7) is 1.26. The molecule has 33 heavy (non-hydrogen) atoms. The number of nitrogens with zero attached hydrogens (tertiary/aromatic N) is 4. The van der Waals surface area contributed by atoms with Gasteiger partial charge in [0.2, 0.25) is 11.8 Å². The lowest BCUT2D eigenvalue weighted by Gasteiger charge is -2.20. The van der Waals surface area contributed by atoms with Crippen LogP contribution in [0.25, 0.3) is 22.5 Å². The smallest absolute Gasteiger partial charge is 0.336 e. The molecule has 0 saturated heterocycles. The molecule has 2 aromatic carbocycles. The zero-order valence-electron chi connectivity index (χ0n) is 16.8. The third kappa shape index (κ3) is 4.29. The molecular weight excluding hydrogens is 464 g/mol. The normalized spacial score (nSPS) is 11.5. The fraction of sp³-hybridized carbons (Fsp3) is 0.0909. The molecule has 4 aromatic rings. The van der Waals surface area contributed by atoms with E-state index in [1.165, 1.54) is 25.5 Å². The van der Waals surface area contributed by atoms with E-state index in [0.717, 1.165) is 17.0 Å². The Morgan fingerprint density at radius 1 is 1.12 bits per heavy atom. The summed E-state index contributed by atoms with van der Waals surface area (Å²) in [6, 6.07) is 9.94. The number of anilines is 2. The van der Waals surface area contributed by atoms with Gasteiger partial charge < -0.3 is 4.52 Å². The number of benzene rings is 2. The van der Waals surface area contributed by atoms with Crippen LogP contribution in [0.1, 0.15) is 12.5 Å². The fourth-order valence-corrected chi connectivity index (χ4v) is 3.45. The molecule has 1 amide bonds. The standard InChI is InChI=1S/C22H13ClF4N4O2/c1-12(32)31(18-5-3-2-4-15(18)23)21-19(17-8-9-28-11-29-17)20(30-33-21)14-7-6-13(10-16(14)24)22(25,26)27/h2-11H,1H3. The molecule has 168 valence electrons.